The van der Waals surface area contributed by atoms with Gasteiger partial charge in [-0.15, -0.1) is 0 Å². The summed E-state index contributed by atoms with van der Waals surface area (Å²) >= 11 is 6.87. The molecule has 0 nitrogen and oxygen atoms in total. The molecule has 0 aromatic carbocycles. The highest BCUT2D eigenvalue weighted by Gasteiger charge is 2.34. The van der Waals surface area contributed by atoms with E-state index in [0.29, 0.717) is 0 Å². The van der Waals surface area contributed by atoms with E-state index in [9.17, 15) is 0 Å². The molecule has 2 heteroatoms. The van der Waals surface area contributed by atoms with Crippen molar-refractivity contribution in [3.05, 3.63) is 0 Å². The molecule has 0 amide bonds. The Morgan fingerprint density at radius 1 is 1.14 bits per heavy atom. The molecule has 0 bridgehead atoms. The van der Waals surface area contributed by atoms with Crippen LogP contribution in [0, 0.1) is 11.8 Å². The van der Waals surface area contributed by atoms with Crippen molar-refractivity contribution >= 4 is 31.9 Å². The lowest BCUT2D eigenvalue weighted by molar-refractivity contribution is 0.866. The smallest absolute Gasteiger partial charge is 0.00627 e. The molecule has 7 heavy (non-hydrogen) atoms. The average molecular weight is 228 g/mol. The van der Waals surface area contributed by atoms with Crippen LogP contribution in [-0.2, 0) is 0 Å². The fourth-order valence-electron chi connectivity index (χ4n) is 0.688. The zero-order valence-corrected chi connectivity index (χ0v) is 7.20. The van der Waals surface area contributed by atoms with Crippen molar-refractivity contribution in [3.8, 4) is 0 Å². The zero-order valence-electron chi connectivity index (χ0n) is 4.03. The Hall–Kier alpha value is 0.960. The molecule has 0 aliphatic heterocycles. The van der Waals surface area contributed by atoms with Gasteiger partial charge in [0.25, 0.3) is 0 Å². The summed E-state index contributed by atoms with van der Waals surface area (Å²) in [6.07, 6.45) is 1.43. The van der Waals surface area contributed by atoms with Crippen molar-refractivity contribution in [1.29, 1.82) is 0 Å². The van der Waals surface area contributed by atoms with Gasteiger partial charge in [0.15, 0.2) is 0 Å². The van der Waals surface area contributed by atoms with Crippen molar-refractivity contribution in [3.63, 3.8) is 0 Å². The predicted octanol–water partition coefficient (Wildman–Crippen LogP) is 2.41. The van der Waals surface area contributed by atoms with E-state index in [1.807, 2.05) is 0 Å². The highest BCUT2D eigenvalue weighted by atomic mass is 79.9. The van der Waals surface area contributed by atoms with Gasteiger partial charge in [-0.25, -0.2) is 0 Å². The van der Waals surface area contributed by atoms with Gasteiger partial charge < -0.3 is 0 Å². The van der Waals surface area contributed by atoms with E-state index < -0.39 is 0 Å². The topological polar surface area (TPSA) is 0 Å². The van der Waals surface area contributed by atoms with Gasteiger partial charge in [-0.1, -0.05) is 31.9 Å². The van der Waals surface area contributed by atoms with Crippen LogP contribution < -0.4 is 0 Å². The lowest BCUT2D eigenvalue weighted by Gasteiger charge is -1.82. The maximum Gasteiger partial charge on any atom is 0.00627 e. The molecule has 0 unspecified atom stereocenters. The molecule has 0 saturated heterocycles. The highest BCUT2D eigenvalue weighted by molar-refractivity contribution is 9.09. The molecule has 1 rings (SSSR count). The third-order valence-electron chi connectivity index (χ3n) is 1.47. The van der Waals surface area contributed by atoms with Gasteiger partial charge in [-0.3, -0.25) is 0 Å². The largest absolute Gasteiger partial charge is 0.0925 e. The van der Waals surface area contributed by atoms with Crippen LogP contribution in [0.4, 0.5) is 0 Å². The number of hydrogen-bond donors (Lipinski definition) is 0. The van der Waals surface area contributed by atoms with E-state index >= 15 is 0 Å². The molecule has 1 fully saturated rings. The van der Waals surface area contributed by atoms with Gasteiger partial charge in [0.1, 0.15) is 0 Å². The SMILES string of the molecule is BrC[C@H]1C[C@@H]1CBr. The molecule has 1 saturated carbocycles. The number of halogens is 2. The van der Waals surface area contributed by atoms with E-state index in [-0.39, 0.29) is 0 Å². The standard InChI is InChI=1S/C5H8Br2/c6-2-4-1-5(4)3-7/h4-5H,1-3H2/t4-,5-/m1/s1. The van der Waals surface area contributed by atoms with Crippen LogP contribution in [0.2, 0.25) is 0 Å². The summed E-state index contributed by atoms with van der Waals surface area (Å²) in [5.41, 5.74) is 0. The summed E-state index contributed by atoms with van der Waals surface area (Å²) in [4.78, 5) is 0. The average Bonchev–Trinajstić information content (AvgIpc) is 2.43. The van der Waals surface area contributed by atoms with Crippen molar-refractivity contribution in [1.82, 2.24) is 0 Å². The Morgan fingerprint density at radius 3 is 1.71 bits per heavy atom. The first-order valence-corrected chi connectivity index (χ1v) is 4.74. The number of hydrogen-bond acceptors (Lipinski definition) is 0. The fourth-order valence-corrected chi connectivity index (χ4v) is 2.27. The molecule has 1 aliphatic carbocycles. The minimum Gasteiger partial charge on any atom is -0.0925 e. The molecule has 0 aromatic heterocycles. The van der Waals surface area contributed by atoms with Crippen LogP contribution in [0.3, 0.4) is 0 Å². The Labute approximate surface area is 60.9 Å². The Balaban J connectivity index is 2.06. The first-order valence-electron chi connectivity index (χ1n) is 2.50. The molecule has 42 valence electrons. The van der Waals surface area contributed by atoms with Gasteiger partial charge in [-0.05, 0) is 18.3 Å². The van der Waals surface area contributed by atoms with E-state index in [0.717, 1.165) is 11.8 Å². The van der Waals surface area contributed by atoms with E-state index in [1.165, 1.54) is 17.1 Å². The Morgan fingerprint density at radius 2 is 1.57 bits per heavy atom. The minimum absolute atomic E-state index is 0.986. The summed E-state index contributed by atoms with van der Waals surface area (Å²) in [6.45, 7) is 0. The van der Waals surface area contributed by atoms with Gasteiger partial charge in [0, 0.05) is 10.7 Å². The van der Waals surface area contributed by atoms with Crippen LogP contribution in [0.25, 0.3) is 0 Å². The summed E-state index contributed by atoms with van der Waals surface area (Å²) in [5.74, 6) is 1.97. The maximum atomic E-state index is 3.44. The van der Waals surface area contributed by atoms with Crippen LogP contribution in [0.1, 0.15) is 6.42 Å². The maximum absolute atomic E-state index is 3.44. The third-order valence-corrected chi connectivity index (χ3v) is 3.13. The lowest BCUT2D eigenvalue weighted by Crippen LogP contribution is -1.81. The summed E-state index contributed by atoms with van der Waals surface area (Å²) in [5, 5.41) is 2.40. The molecule has 0 aromatic rings. The van der Waals surface area contributed by atoms with Gasteiger partial charge in [0.2, 0.25) is 0 Å². The predicted molar refractivity (Wildman–Crippen MR) is 39.2 cm³/mol. The number of rotatable bonds is 2. The van der Waals surface area contributed by atoms with Crippen molar-refractivity contribution in [2.24, 2.45) is 11.8 Å². The molecule has 0 radical (unpaired) electrons. The molecule has 0 spiro atoms. The third kappa shape index (κ3) is 1.43. The monoisotopic (exact) mass is 226 g/mol. The first kappa shape index (κ1) is 6.09. The quantitative estimate of drug-likeness (QED) is 0.636. The van der Waals surface area contributed by atoms with Crippen LogP contribution >= 0.6 is 31.9 Å². The van der Waals surface area contributed by atoms with Gasteiger partial charge >= 0.3 is 0 Å². The molecule has 0 heterocycles. The molecule has 2 atom stereocenters. The highest BCUT2D eigenvalue weighted by Crippen LogP contribution is 2.40. The van der Waals surface area contributed by atoms with Crippen molar-refractivity contribution < 1.29 is 0 Å². The number of alkyl halides is 2. The van der Waals surface area contributed by atoms with E-state index in [2.05, 4.69) is 31.9 Å². The van der Waals surface area contributed by atoms with Crippen LogP contribution in [0.15, 0.2) is 0 Å². The van der Waals surface area contributed by atoms with Crippen molar-refractivity contribution in [2.75, 3.05) is 10.7 Å². The zero-order chi connectivity index (χ0) is 5.28. The Bertz CT molecular complexity index is 55.1. The molecular weight excluding hydrogens is 220 g/mol. The summed E-state index contributed by atoms with van der Waals surface area (Å²) < 4.78 is 0. The van der Waals surface area contributed by atoms with Crippen LogP contribution in [-0.4, -0.2) is 10.7 Å². The normalized spacial score (nSPS) is 38.6. The van der Waals surface area contributed by atoms with E-state index in [4.69, 9.17) is 0 Å². The second-order valence-electron chi connectivity index (χ2n) is 2.06. The molecule has 0 N–H and O–H groups in total. The first-order chi connectivity index (χ1) is 3.38. The van der Waals surface area contributed by atoms with E-state index in [1.54, 1.807) is 0 Å². The summed E-state index contributed by atoms with van der Waals surface area (Å²) in [7, 11) is 0. The minimum atomic E-state index is 0.986. The molecular formula is C5H8Br2. The summed E-state index contributed by atoms with van der Waals surface area (Å²) in [6, 6.07) is 0. The lowest BCUT2D eigenvalue weighted by atomic mass is 10.4. The van der Waals surface area contributed by atoms with Gasteiger partial charge in [-0.2, -0.15) is 0 Å². The second kappa shape index (κ2) is 2.49. The van der Waals surface area contributed by atoms with Gasteiger partial charge in [0.05, 0.1) is 0 Å². The second-order valence-corrected chi connectivity index (χ2v) is 3.36. The van der Waals surface area contributed by atoms with Crippen molar-refractivity contribution in [2.45, 2.75) is 6.42 Å². The fraction of sp³-hybridized carbons (Fsp3) is 1.00. The Kier molecular flexibility index (Phi) is 2.17. The molecule has 1 aliphatic rings. The van der Waals surface area contributed by atoms with Crippen LogP contribution in [0.5, 0.6) is 0 Å².